The molecule has 1 rings (SSSR count). The van der Waals surface area contributed by atoms with Gasteiger partial charge in [0.1, 0.15) is 0 Å². The van der Waals surface area contributed by atoms with Crippen molar-refractivity contribution in [3.8, 4) is 0 Å². The van der Waals surface area contributed by atoms with E-state index in [-0.39, 0.29) is 0 Å². The van der Waals surface area contributed by atoms with Crippen molar-refractivity contribution in [3.05, 3.63) is 17.5 Å². The number of nitrogens with one attached hydrogen (secondary N) is 1. The minimum Gasteiger partial charge on any atom is -0.283 e. The zero-order chi connectivity index (χ0) is 9.56. The topological polar surface area (TPSA) is 28.7 Å². The largest absolute Gasteiger partial charge is 0.283 e. The molecule has 70 valence electrons. The highest BCUT2D eigenvalue weighted by atomic mass is 15.1. The van der Waals surface area contributed by atoms with Gasteiger partial charge in [-0.3, -0.25) is 5.10 Å². The number of rotatable bonds is 2. The van der Waals surface area contributed by atoms with E-state index in [1.165, 1.54) is 11.3 Å². The molecule has 0 saturated heterocycles. The second kappa shape index (κ2) is 5.81. The number of H-pyrrole nitrogens is 1. The fraction of sp³-hybridized carbons (Fsp3) is 0.700. The van der Waals surface area contributed by atoms with E-state index in [0.29, 0.717) is 0 Å². The summed E-state index contributed by atoms with van der Waals surface area (Å²) in [7, 11) is 0. The van der Waals surface area contributed by atoms with Crippen molar-refractivity contribution in [2.75, 3.05) is 0 Å². The third-order valence-corrected chi connectivity index (χ3v) is 1.56. The van der Waals surface area contributed by atoms with Crippen LogP contribution in [0, 0.1) is 12.8 Å². The van der Waals surface area contributed by atoms with E-state index < -0.39 is 0 Å². The Balaban J connectivity index is 0.000000561. The highest BCUT2D eigenvalue weighted by molar-refractivity contribution is 5.14. The molecule has 0 fully saturated rings. The van der Waals surface area contributed by atoms with Gasteiger partial charge in [-0.2, -0.15) is 5.10 Å². The quantitative estimate of drug-likeness (QED) is 0.722. The molecule has 0 bridgehead atoms. The molecule has 2 nitrogen and oxygen atoms in total. The van der Waals surface area contributed by atoms with Gasteiger partial charge < -0.3 is 0 Å². The van der Waals surface area contributed by atoms with Crippen LogP contribution < -0.4 is 0 Å². The van der Waals surface area contributed by atoms with Crippen LogP contribution in [-0.4, -0.2) is 10.2 Å². The summed E-state index contributed by atoms with van der Waals surface area (Å²) < 4.78 is 0. The number of aromatic amines is 1. The summed E-state index contributed by atoms with van der Waals surface area (Å²) in [6, 6.07) is 0. The minimum absolute atomic E-state index is 0.719. The molecule has 0 spiro atoms. The van der Waals surface area contributed by atoms with Crippen molar-refractivity contribution in [1.29, 1.82) is 0 Å². The first-order chi connectivity index (χ1) is 5.70. The molecular weight excluding hydrogens is 148 g/mol. The molecule has 12 heavy (non-hydrogen) atoms. The Kier molecular flexibility index (Phi) is 5.43. The molecule has 2 heteroatoms. The van der Waals surface area contributed by atoms with Gasteiger partial charge in [-0.25, -0.2) is 0 Å². The molecule has 0 unspecified atom stereocenters. The Labute approximate surface area is 75.4 Å². The van der Waals surface area contributed by atoms with Gasteiger partial charge in [-0.05, 0) is 24.8 Å². The van der Waals surface area contributed by atoms with E-state index >= 15 is 0 Å². The molecule has 1 heterocycles. The van der Waals surface area contributed by atoms with E-state index in [4.69, 9.17) is 0 Å². The van der Waals surface area contributed by atoms with E-state index in [2.05, 4.69) is 31.0 Å². The van der Waals surface area contributed by atoms with Crippen LogP contribution in [0.2, 0.25) is 0 Å². The monoisotopic (exact) mass is 168 g/mol. The third kappa shape index (κ3) is 3.56. The first-order valence-electron chi connectivity index (χ1n) is 4.69. The summed E-state index contributed by atoms with van der Waals surface area (Å²) in [5.41, 5.74) is 2.55. The molecule has 0 aliphatic rings. The van der Waals surface area contributed by atoms with Crippen LogP contribution in [0.3, 0.4) is 0 Å². The second-order valence-corrected chi connectivity index (χ2v) is 3.12. The van der Waals surface area contributed by atoms with Gasteiger partial charge in [0.25, 0.3) is 0 Å². The number of hydrogen-bond donors (Lipinski definition) is 1. The summed E-state index contributed by atoms with van der Waals surface area (Å²) in [4.78, 5) is 0. The Morgan fingerprint density at radius 2 is 2.00 bits per heavy atom. The van der Waals surface area contributed by atoms with E-state index in [9.17, 15) is 0 Å². The summed E-state index contributed by atoms with van der Waals surface area (Å²) >= 11 is 0. The lowest BCUT2D eigenvalue weighted by Crippen LogP contribution is -1.93. The van der Waals surface area contributed by atoms with Crippen LogP contribution in [0.1, 0.15) is 39.0 Å². The first-order valence-corrected chi connectivity index (χ1v) is 4.69. The molecule has 0 amide bonds. The molecule has 1 aromatic heterocycles. The third-order valence-electron chi connectivity index (χ3n) is 1.56. The fourth-order valence-corrected chi connectivity index (χ4v) is 1.02. The van der Waals surface area contributed by atoms with Crippen LogP contribution in [0.5, 0.6) is 0 Å². The fourth-order valence-electron chi connectivity index (χ4n) is 1.02. The number of hydrogen-bond acceptors (Lipinski definition) is 1. The minimum atomic E-state index is 0.719. The predicted molar refractivity (Wildman–Crippen MR) is 53.2 cm³/mol. The molecule has 0 aliphatic carbocycles. The summed E-state index contributed by atoms with van der Waals surface area (Å²) in [6.07, 6.45) is 3.04. The molecule has 0 saturated carbocycles. The summed E-state index contributed by atoms with van der Waals surface area (Å²) in [5, 5.41) is 6.87. The van der Waals surface area contributed by atoms with Crippen molar-refractivity contribution in [3.63, 3.8) is 0 Å². The molecule has 0 aliphatic heterocycles. The van der Waals surface area contributed by atoms with Gasteiger partial charge in [0.2, 0.25) is 0 Å². The highest BCUT2D eigenvalue weighted by Crippen LogP contribution is 2.08. The zero-order valence-corrected chi connectivity index (χ0v) is 8.81. The van der Waals surface area contributed by atoms with Gasteiger partial charge in [0, 0.05) is 5.69 Å². The number of nitrogens with zero attached hydrogens (tertiary/aromatic N) is 1. The molecular formula is C10H20N2. The van der Waals surface area contributed by atoms with Gasteiger partial charge in [-0.15, -0.1) is 0 Å². The van der Waals surface area contributed by atoms with Crippen molar-refractivity contribution < 1.29 is 0 Å². The van der Waals surface area contributed by atoms with Crippen LogP contribution >= 0.6 is 0 Å². The van der Waals surface area contributed by atoms with Gasteiger partial charge in [0.15, 0.2) is 0 Å². The Morgan fingerprint density at radius 3 is 2.33 bits per heavy atom. The maximum Gasteiger partial charge on any atom is 0.0522 e. The molecule has 0 radical (unpaired) electrons. The van der Waals surface area contributed by atoms with Crippen LogP contribution in [0.4, 0.5) is 0 Å². The summed E-state index contributed by atoms with van der Waals surface area (Å²) in [5.74, 6) is 0.719. The van der Waals surface area contributed by atoms with Crippen molar-refractivity contribution in [1.82, 2.24) is 10.2 Å². The Hall–Kier alpha value is -0.790. The van der Waals surface area contributed by atoms with E-state index in [1.54, 1.807) is 0 Å². The first kappa shape index (κ1) is 11.2. The van der Waals surface area contributed by atoms with Gasteiger partial charge >= 0.3 is 0 Å². The van der Waals surface area contributed by atoms with E-state index in [0.717, 1.165) is 12.3 Å². The SMILES string of the molecule is CC.Cc1[nH]ncc1CC(C)C. The molecule has 0 aromatic carbocycles. The van der Waals surface area contributed by atoms with Crippen LogP contribution in [-0.2, 0) is 6.42 Å². The van der Waals surface area contributed by atoms with Crippen LogP contribution in [0.25, 0.3) is 0 Å². The van der Waals surface area contributed by atoms with Crippen molar-refractivity contribution in [2.45, 2.75) is 41.0 Å². The average molecular weight is 168 g/mol. The van der Waals surface area contributed by atoms with Crippen LogP contribution in [0.15, 0.2) is 6.20 Å². The maximum atomic E-state index is 3.95. The average Bonchev–Trinajstić information content (AvgIpc) is 2.40. The zero-order valence-electron chi connectivity index (χ0n) is 8.81. The lowest BCUT2D eigenvalue weighted by molar-refractivity contribution is 0.645. The lowest BCUT2D eigenvalue weighted by atomic mass is 10.0. The normalized spacial score (nSPS) is 9.50. The van der Waals surface area contributed by atoms with Crippen molar-refractivity contribution >= 4 is 0 Å². The smallest absolute Gasteiger partial charge is 0.0522 e. The van der Waals surface area contributed by atoms with Crippen molar-refractivity contribution in [2.24, 2.45) is 5.92 Å². The number of aryl methyl sites for hydroxylation is 1. The Bertz CT molecular complexity index is 201. The van der Waals surface area contributed by atoms with E-state index in [1.807, 2.05) is 20.0 Å². The lowest BCUT2D eigenvalue weighted by Gasteiger charge is -2.01. The molecule has 1 N–H and O–H groups in total. The highest BCUT2D eigenvalue weighted by Gasteiger charge is 2.01. The second-order valence-electron chi connectivity index (χ2n) is 3.12. The standard InChI is InChI=1S/C8H14N2.C2H6/c1-6(2)4-8-5-9-10-7(8)3;1-2/h5-6H,4H2,1-3H3,(H,9,10);1-2H3. The predicted octanol–water partition coefficient (Wildman–Crippen LogP) is 2.94. The maximum absolute atomic E-state index is 3.95. The van der Waals surface area contributed by atoms with Gasteiger partial charge in [0.05, 0.1) is 6.20 Å². The Morgan fingerprint density at radius 1 is 1.42 bits per heavy atom. The van der Waals surface area contributed by atoms with Gasteiger partial charge in [-0.1, -0.05) is 27.7 Å². The number of aromatic nitrogens is 2. The summed E-state index contributed by atoms with van der Waals surface area (Å²) in [6.45, 7) is 10.5. The molecule has 0 atom stereocenters. The molecule has 1 aromatic rings.